The molecule has 5 heteroatoms. The van der Waals surface area contributed by atoms with Gasteiger partial charge in [0.25, 0.3) is 0 Å². The summed E-state index contributed by atoms with van der Waals surface area (Å²) in [7, 11) is 5.97. The lowest BCUT2D eigenvalue weighted by Gasteiger charge is -2.11. The lowest BCUT2D eigenvalue weighted by atomic mass is 9.99. The normalized spacial score (nSPS) is 11.4. The molecule has 0 aliphatic heterocycles. The summed E-state index contributed by atoms with van der Waals surface area (Å²) in [6.07, 6.45) is 1.48. The molecule has 3 aromatic rings. The zero-order valence-corrected chi connectivity index (χ0v) is 15.4. The number of rotatable bonds is 7. The molecule has 0 saturated carbocycles. The summed E-state index contributed by atoms with van der Waals surface area (Å²) < 4.78 is 13.9. The molecule has 1 heterocycles. The predicted molar refractivity (Wildman–Crippen MR) is 104 cm³/mol. The Hall–Kier alpha value is -2.50. The number of halogens is 1. The quantitative estimate of drug-likeness (QED) is 0.638. The maximum Gasteiger partial charge on any atom is 0.150 e. The number of aldehydes is 1. The fourth-order valence-electron chi connectivity index (χ4n) is 3.38. The van der Waals surface area contributed by atoms with Gasteiger partial charge in [-0.25, -0.2) is 4.39 Å². The Labute approximate surface area is 153 Å². The molecule has 0 atom stereocenters. The standard InChI is InChI=1S/C21H24FN3O/c1-23-9-8-18-20-16(13-26)10-17(22)11-19(20)24-21(18)15-6-4-14(5-7-15)12-25(2)3/h4-7,10-11,13,23-24H,8-9,12H2,1-3H3. The highest BCUT2D eigenvalue weighted by atomic mass is 19.1. The highest BCUT2D eigenvalue weighted by Crippen LogP contribution is 2.33. The van der Waals surface area contributed by atoms with E-state index in [1.54, 1.807) is 0 Å². The maximum absolute atomic E-state index is 13.9. The van der Waals surface area contributed by atoms with E-state index < -0.39 is 5.82 Å². The number of nitrogens with one attached hydrogen (secondary N) is 2. The van der Waals surface area contributed by atoms with Crippen LogP contribution in [0.2, 0.25) is 0 Å². The molecule has 136 valence electrons. The molecule has 2 aromatic carbocycles. The van der Waals surface area contributed by atoms with Crippen LogP contribution in [0.3, 0.4) is 0 Å². The van der Waals surface area contributed by atoms with Gasteiger partial charge < -0.3 is 15.2 Å². The van der Waals surface area contributed by atoms with Crippen molar-refractivity contribution in [3.63, 3.8) is 0 Å². The van der Waals surface area contributed by atoms with Gasteiger partial charge in [0, 0.05) is 28.7 Å². The van der Waals surface area contributed by atoms with Crippen molar-refractivity contribution in [2.45, 2.75) is 13.0 Å². The first kappa shape index (κ1) is 18.3. The molecule has 0 radical (unpaired) electrons. The molecular formula is C21H24FN3O. The number of benzene rings is 2. The van der Waals surface area contributed by atoms with E-state index in [4.69, 9.17) is 0 Å². The second-order valence-electron chi connectivity index (χ2n) is 6.80. The molecule has 0 bridgehead atoms. The number of nitrogens with zero attached hydrogens (tertiary/aromatic N) is 1. The summed E-state index contributed by atoms with van der Waals surface area (Å²) in [5.74, 6) is -0.408. The van der Waals surface area contributed by atoms with Crippen LogP contribution < -0.4 is 5.32 Å². The number of carbonyl (C=O) groups is 1. The molecule has 26 heavy (non-hydrogen) atoms. The third kappa shape index (κ3) is 3.69. The average Bonchev–Trinajstić information content (AvgIpc) is 2.97. The number of fused-ring (bicyclic) bond motifs is 1. The molecule has 2 N–H and O–H groups in total. The van der Waals surface area contributed by atoms with E-state index in [0.717, 1.165) is 48.0 Å². The summed E-state index contributed by atoms with van der Waals surface area (Å²) in [4.78, 5) is 16.9. The van der Waals surface area contributed by atoms with Crippen LogP contribution in [-0.2, 0) is 13.0 Å². The van der Waals surface area contributed by atoms with E-state index >= 15 is 0 Å². The maximum atomic E-state index is 13.9. The van der Waals surface area contributed by atoms with Crippen molar-refractivity contribution < 1.29 is 9.18 Å². The number of aromatic amines is 1. The lowest BCUT2D eigenvalue weighted by Crippen LogP contribution is -2.11. The van der Waals surface area contributed by atoms with Crippen molar-refractivity contribution in [1.82, 2.24) is 15.2 Å². The Bertz CT molecular complexity index is 913. The predicted octanol–water partition coefficient (Wildman–Crippen LogP) is 3.61. The van der Waals surface area contributed by atoms with Gasteiger partial charge in [0.15, 0.2) is 6.29 Å². The number of aromatic nitrogens is 1. The first-order valence-corrected chi connectivity index (χ1v) is 8.71. The molecular weight excluding hydrogens is 329 g/mol. The fourth-order valence-corrected chi connectivity index (χ4v) is 3.38. The highest BCUT2D eigenvalue weighted by Gasteiger charge is 2.17. The van der Waals surface area contributed by atoms with Gasteiger partial charge in [-0.05, 0) is 62.9 Å². The number of hydrogen-bond acceptors (Lipinski definition) is 3. The monoisotopic (exact) mass is 353 g/mol. The van der Waals surface area contributed by atoms with Gasteiger partial charge in [-0.1, -0.05) is 24.3 Å². The van der Waals surface area contributed by atoms with Crippen molar-refractivity contribution >= 4 is 17.2 Å². The van der Waals surface area contributed by atoms with Crippen molar-refractivity contribution in [2.24, 2.45) is 0 Å². The molecule has 4 nitrogen and oxygen atoms in total. The Balaban J connectivity index is 2.13. The summed E-state index contributed by atoms with van der Waals surface area (Å²) in [5, 5.41) is 3.96. The first-order chi connectivity index (χ1) is 12.5. The van der Waals surface area contributed by atoms with E-state index in [9.17, 15) is 9.18 Å². The van der Waals surface area contributed by atoms with Gasteiger partial charge in [-0.2, -0.15) is 0 Å². The van der Waals surface area contributed by atoms with Gasteiger partial charge in [-0.15, -0.1) is 0 Å². The van der Waals surface area contributed by atoms with Crippen molar-refractivity contribution in [3.8, 4) is 11.3 Å². The molecule has 0 spiro atoms. The summed E-state index contributed by atoms with van der Waals surface area (Å²) in [6, 6.07) is 11.1. The Kier molecular flexibility index (Phi) is 5.49. The molecule has 0 unspecified atom stereocenters. The molecule has 0 aliphatic carbocycles. The summed E-state index contributed by atoms with van der Waals surface area (Å²) >= 11 is 0. The number of carbonyl (C=O) groups excluding carboxylic acids is 1. The number of likely N-dealkylation sites (N-methyl/N-ethyl adjacent to an activating group) is 1. The molecule has 0 saturated heterocycles. The number of hydrogen-bond donors (Lipinski definition) is 2. The smallest absolute Gasteiger partial charge is 0.150 e. The number of H-pyrrole nitrogens is 1. The van der Waals surface area contributed by atoms with Crippen molar-refractivity contribution in [3.05, 3.63) is 58.9 Å². The Morgan fingerprint density at radius 3 is 2.54 bits per heavy atom. The Morgan fingerprint density at radius 1 is 1.19 bits per heavy atom. The summed E-state index contributed by atoms with van der Waals surface area (Å²) in [6.45, 7) is 1.65. The molecule has 0 amide bonds. The fraction of sp³-hybridized carbons (Fsp3) is 0.286. The van der Waals surface area contributed by atoms with E-state index in [1.807, 2.05) is 21.1 Å². The van der Waals surface area contributed by atoms with Crippen LogP contribution in [-0.4, -0.2) is 43.9 Å². The molecule has 0 aliphatic rings. The first-order valence-electron chi connectivity index (χ1n) is 8.71. The van der Waals surface area contributed by atoms with Gasteiger partial charge in [-0.3, -0.25) is 4.79 Å². The van der Waals surface area contributed by atoms with Crippen LogP contribution in [0.1, 0.15) is 21.5 Å². The zero-order chi connectivity index (χ0) is 18.7. The molecule has 0 fully saturated rings. The van der Waals surface area contributed by atoms with Crippen LogP contribution in [0, 0.1) is 5.82 Å². The van der Waals surface area contributed by atoms with E-state index in [2.05, 4.69) is 39.5 Å². The lowest BCUT2D eigenvalue weighted by molar-refractivity contribution is 0.112. The zero-order valence-electron chi connectivity index (χ0n) is 15.4. The Morgan fingerprint density at radius 2 is 1.92 bits per heavy atom. The minimum atomic E-state index is -0.408. The SMILES string of the molecule is CNCCc1c(-c2ccc(CN(C)C)cc2)[nH]c2cc(F)cc(C=O)c12. The van der Waals surface area contributed by atoms with Crippen molar-refractivity contribution in [1.29, 1.82) is 0 Å². The second-order valence-corrected chi connectivity index (χ2v) is 6.80. The molecule has 1 aromatic heterocycles. The van der Waals surface area contributed by atoms with Gasteiger partial charge >= 0.3 is 0 Å². The second kappa shape index (κ2) is 7.81. The van der Waals surface area contributed by atoms with Gasteiger partial charge in [0.05, 0.1) is 0 Å². The van der Waals surface area contributed by atoms with E-state index in [-0.39, 0.29) is 0 Å². The third-order valence-electron chi connectivity index (χ3n) is 4.49. The van der Waals surface area contributed by atoms with Crippen LogP contribution in [0.4, 0.5) is 4.39 Å². The van der Waals surface area contributed by atoms with Gasteiger partial charge in [0.1, 0.15) is 5.82 Å². The van der Waals surface area contributed by atoms with Crippen LogP contribution in [0.5, 0.6) is 0 Å². The van der Waals surface area contributed by atoms with Crippen LogP contribution >= 0.6 is 0 Å². The minimum Gasteiger partial charge on any atom is -0.354 e. The van der Waals surface area contributed by atoms with Crippen molar-refractivity contribution in [2.75, 3.05) is 27.7 Å². The van der Waals surface area contributed by atoms with E-state index in [0.29, 0.717) is 11.1 Å². The highest BCUT2D eigenvalue weighted by molar-refractivity contribution is 6.02. The molecule has 3 rings (SSSR count). The topological polar surface area (TPSA) is 48.1 Å². The van der Waals surface area contributed by atoms with Gasteiger partial charge in [0.2, 0.25) is 0 Å². The van der Waals surface area contributed by atoms with Crippen LogP contribution in [0.25, 0.3) is 22.2 Å². The summed E-state index contributed by atoms with van der Waals surface area (Å²) in [5.41, 5.74) is 5.29. The largest absolute Gasteiger partial charge is 0.354 e. The van der Waals surface area contributed by atoms with Crippen LogP contribution in [0.15, 0.2) is 36.4 Å². The van der Waals surface area contributed by atoms with E-state index in [1.165, 1.54) is 17.7 Å². The third-order valence-corrected chi connectivity index (χ3v) is 4.49. The average molecular weight is 353 g/mol. The minimum absolute atomic E-state index is 0.387.